The van der Waals surface area contributed by atoms with E-state index in [1.54, 1.807) is 50.0 Å². The summed E-state index contributed by atoms with van der Waals surface area (Å²) in [6.07, 6.45) is 5.17. The summed E-state index contributed by atoms with van der Waals surface area (Å²) in [5, 5.41) is 23.0. The molecule has 13 nitrogen and oxygen atoms in total. The molecule has 0 aliphatic carbocycles. The molecule has 5 rings (SSSR count). The lowest BCUT2D eigenvalue weighted by atomic mass is 10.0. The molecule has 5 aromatic rings. The first-order chi connectivity index (χ1) is 20.2. The third-order valence-corrected chi connectivity index (χ3v) is 5.86. The number of hydrogen-bond acceptors (Lipinski definition) is 8. The Balaban J connectivity index is 0.000000952. The van der Waals surface area contributed by atoms with Crippen LogP contribution in [-0.2, 0) is 11.4 Å². The summed E-state index contributed by atoms with van der Waals surface area (Å²) in [7, 11) is 1.57. The number of anilines is 1. The Labute approximate surface area is 240 Å². The number of hydrogen-bond donors (Lipinski definition) is 6. The highest BCUT2D eigenvalue weighted by molar-refractivity contribution is 5.95. The molecule has 13 heteroatoms. The van der Waals surface area contributed by atoms with Crippen molar-refractivity contribution in [2.24, 2.45) is 5.73 Å². The fraction of sp³-hybridized carbons (Fsp3) is 0.138. The van der Waals surface area contributed by atoms with Crippen molar-refractivity contribution in [3.8, 4) is 17.3 Å². The minimum atomic E-state index is -0.833. The number of nitrogen functional groups attached to an aromatic ring is 1. The van der Waals surface area contributed by atoms with E-state index < -0.39 is 12.0 Å². The fourth-order valence-electron chi connectivity index (χ4n) is 3.94. The van der Waals surface area contributed by atoms with Crippen LogP contribution in [0.15, 0.2) is 90.1 Å². The van der Waals surface area contributed by atoms with Gasteiger partial charge in [-0.15, -0.1) is 5.10 Å². The minimum Gasteiger partial charge on any atom is -0.493 e. The van der Waals surface area contributed by atoms with Crippen LogP contribution in [0.25, 0.3) is 5.82 Å². The van der Waals surface area contributed by atoms with E-state index in [9.17, 15) is 4.79 Å². The zero-order chi connectivity index (χ0) is 30.1. The number of nitrogens with two attached hydrogens (primary N) is 1. The van der Waals surface area contributed by atoms with Gasteiger partial charge in [0, 0.05) is 42.3 Å². The first kappa shape index (κ1) is 29.1. The van der Waals surface area contributed by atoms with Crippen LogP contribution < -0.4 is 26.2 Å². The maximum Gasteiger partial charge on any atom is 0.349 e. The molecular formula is C29H30N8O5. The van der Waals surface area contributed by atoms with Gasteiger partial charge in [0.2, 0.25) is 0 Å². The maximum atomic E-state index is 12.8. The van der Waals surface area contributed by atoms with Gasteiger partial charge >= 0.3 is 5.69 Å². The van der Waals surface area contributed by atoms with Crippen molar-refractivity contribution in [3.05, 3.63) is 118 Å². The molecule has 7 N–H and O–H groups in total. The van der Waals surface area contributed by atoms with Gasteiger partial charge in [-0.3, -0.25) is 20.2 Å². The SMILES string of the molecule is CC(=O)O.COc1cc(C(Nc2ccc(C(=N)N)cc2)c2nn(-c3ccc[nH]3)c(=O)[nH]2)ccc1OCc1cccnc1. The number of aromatic amines is 2. The molecular weight excluding hydrogens is 540 g/mol. The van der Waals surface area contributed by atoms with E-state index in [-0.39, 0.29) is 11.5 Å². The van der Waals surface area contributed by atoms with Crippen molar-refractivity contribution in [1.82, 2.24) is 24.7 Å². The number of rotatable bonds is 10. The Morgan fingerprint density at radius 3 is 2.52 bits per heavy atom. The Kier molecular flexibility index (Phi) is 9.35. The number of ether oxygens (including phenoxy) is 2. The predicted molar refractivity (Wildman–Crippen MR) is 156 cm³/mol. The number of H-pyrrole nitrogens is 2. The fourth-order valence-corrected chi connectivity index (χ4v) is 3.94. The molecule has 0 saturated heterocycles. The number of benzene rings is 2. The number of nitrogens with zero attached hydrogens (tertiary/aromatic N) is 3. The number of carboxylic acids is 1. The van der Waals surface area contributed by atoms with Gasteiger partial charge in [-0.05, 0) is 60.2 Å². The van der Waals surface area contributed by atoms with Crippen LogP contribution in [0.5, 0.6) is 11.5 Å². The third kappa shape index (κ3) is 7.41. The van der Waals surface area contributed by atoms with Gasteiger partial charge in [-0.2, -0.15) is 4.68 Å². The lowest BCUT2D eigenvalue weighted by Crippen LogP contribution is -2.16. The largest absolute Gasteiger partial charge is 0.493 e. The molecule has 3 heterocycles. The molecule has 0 amide bonds. The molecule has 0 spiro atoms. The first-order valence-electron chi connectivity index (χ1n) is 12.7. The molecule has 0 radical (unpaired) electrons. The number of aromatic nitrogens is 5. The van der Waals surface area contributed by atoms with Gasteiger partial charge < -0.3 is 30.6 Å². The molecule has 1 atom stereocenters. The number of pyridine rings is 1. The van der Waals surface area contributed by atoms with Gasteiger partial charge in [0.15, 0.2) is 17.3 Å². The summed E-state index contributed by atoms with van der Waals surface area (Å²) in [6, 6.07) is 19.4. The first-order valence-corrected chi connectivity index (χ1v) is 12.7. The third-order valence-electron chi connectivity index (χ3n) is 5.86. The van der Waals surface area contributed by atoms with Crippen molar-refractivity contribution < 1.29 is 19.4 Å². The summed E-state index contributed by atoms with van der Waals surface area (Å²) >= 11 is 0. The molecule has 0 saturated carbocycles. The van der Waals surface area contributed by atoms with Crippen LogP contribution in [0.4, 0.5) is 5.69 Å². The van der Waals surface area contributed by atoms with Gasteiger partial charge in [0.1, 0.15) is 24.3 Å². The quantitative estimate of drug-likeness (QED) is 0.108. The number of nitrogens with one attached hydrogen (secondary N) is 4. The highest BCUT2D eigenvalue weighted by Crippen LogP contribution is 2.34. The molecule has 0 fully saturated rings. The lowest BCUT2D eigenvalue weighted by Gasteiger charge is -2.20. The Bertz CT molecular complexity index is 1680. The lowest BCUT2D eigenvalue weighted by molar-refractivity contribution is -0.134. The molecule has 0 aliphatic heterocycles. The van der Waals surface area contributed by atoms with Gasteiger partial charge in [-0.25, -0.2) is 4.79 Å². The summed E-state index contributed by atoms with van der Waals surface area (Å²) < 4.78 is 12.9. The molecule has 1 unspecified atom stereocenters. The van der Waals surface area contributed by atoms with Gasteiger partial charge in [0.05, 0.1) is 7.11 Å². The van der Waals surface area contributed by atoms with E-state index in [4.69, 9.17) is 30.5 Å². The van der Waals surface area contributed by atoms with Gasteiger partial charge in [-0.1, -0.05) is 12.1 Å². The average molecular weight is 571 g/mol. The van der Waals surface area contributed by atoms with Crippen molar-refractivity contribution in [3.63, 3.8) is 0 Å². The van der Waals surface area contributed by atoms with Crippen LogP contribution in [0.3, 0.4) is 0 Å². The second-order valence-corrected chi connectivity index (χ2v) is 8.93. The maximum absolute atomic E-state index is 12.8. The van der Waals surface area contributed by atoms with E-state index in [0.717, 1.165) is 23.7 Å². The van der Waals surface area contributed by atoms with E-state index in [1.807, 2.05) is 42.5 Å². The standard InChI is InChI=1S/C27H26N8O3.C2H4O2/c1-37-22-14-19(8-11-21(22)38-16-17-4-2-12-30-15-17)24(32-20-9-6-18(7-10-20)25(28)29)26-33-27(36)35(34-26)23-5-3-13-31-23;1-2(3)4/h2-15,24,31-32H,16H2,1H3,(H3,28,29)(H,33,34,36);1H3,(H,3,4). The van der Waals surface area contributed by atoms with Crippen molar-refractivity contribution in [2.75, 3.05) is 12.4 Å². The highest BCUT2D eigenvalue weighted by atomic mass is 16.5. The second-order valence-electron chi connectivity index (χ2n) is 8.93. The van der Waals surface area contributed by atoms with Crippen LogP contribution in [0, 0.1) is 5.41 Å². The van der Waals surface area contributed by atoms with Crippen molar-refractivity contribution in [2.45, 2.75) is 19.6 Å². The Hall–Kier alpha value is -5.85. The number of carbonyl (C=O) groups is 1. The van der Waals surface area contributed by atoms with Crippen molar-refractivity contribution in [1.29, 1.82) is 5.41 Å². The Morgan fingerprint density at radius 1 is 1.14 bits per heavy atom. The van der Waals surface area contributed by atoms with E-state index in [2.05, 4.69) is 25.4 Å². The van der Waals surface area contributed by atoms with Gasteiger partial charge in [0.25, 0.3) is 5.97 Å². The monoisotopic (exact) mass is 570 g/mol. The Morgan fingerprint density at radius 2 is 1.90 bits per heavy atom. The number of methoxy groups -OCH3 is 1. The van der Waals surface area contributed by atoms with Crippen LogP contribution >= 0.6 is 0 Å². The molecule has 0 bridgehead atoms. The van der Waals surface area contributed by atoms with Crippen molar-refractivity contribution >= 4 is 17.5 Å². The zero-order valence-corrected chi connectivity index (χ0v) is 22.9. The highest BCUT2D eigenvalue weighted by Gasteiger charge is 2.22. The summed E-state index contributed by atoms with van der Waals surface area (Å²) in [4.78, 5) is 31.7. The zero-order valence-electron chi connectivity index (χ0n) is 22.9. The average Bonchev–Trinajstić information content (AvgIpc) is 3.65. The van der Waals surface area contributed by atoms with Crippen LogP contribution in [-0.4, -0.2) is 48.8 Å². The summed E-state index contributed by atoms with van der Waals surface area (Å²) in [5.74, 6) is 1.17. The normalized spacial score (nSPS) is 11.1. The van der Waals surface area contributed by atoms with Crippen LogP contribution in [0.2, 0.25) is 0 Å². The molecule has 42 heavy (non-hydrogen) atoms. The number of aliphatic carboxylic acids is 1. The second kappa shape index (κ2) is 13.5. The summed E-state index contributed by atoms with van der Waals surface area (Å²) in [5.41, 5.74) is 8.27. The molecule has 2 aromatic carbocycles. The van der Waals surface area contributed by atoms with E-state index in [0.29, 0.717) is 35.3 Å². The predicted octanol–water partition coefficient (Wildman–Crippen LogP) is 3.45. The molecule has 0 aliphatic rings. The molecule has 3 aromatic heterocycles. The molecule has 216 valence electrons. The minimum absolute atomic E-state index is 0.0197. The summed E-state index contributed by atoms with van der Waals surface area (Å²) in [6.45, 7) is 1.42. The van der Waals surface area contributed by atoms with E-state index >= 15 is 0 Å². The number of amidine groups is 1. The smallest absolute Gasteiger partial charge is 0.349 e. The van der Waals surface area contributed by atoms with Crippen LogP contribution in [0.1, 0.15) is 35.5 Å². The van der Waals surface area contributed by atoms with E-state index in [1.165, 1.54) is 4.68 Å². The number of carboxylic acid groups (broad SMARTS) is 1. The topological polar surface area (TPSA) is 197 Å².